The summed E-state index contributed by atoms with van der Waals surface area (Å²) in [6, 6.07) is 11.8. The first-order valence-electron chi connectivity index (χ1n) is 8.81. The third-order valence-corrected chi connectivity index (χ3v) is 4.84. The number of β-amino-alcohol motifs (C(OH)–C–C–N with tert-alkyl or cyclic N) is 1. The van der Waals surface area contributed by atoms with Crippen LogP contribution in [0.5, 0.6) is 5.75 Å². The molecule has 1 unspecified atom stereocenters. The van der Waals surface area contributed by atoms with Crippen LogP contribution in [-0.4, -0.2) is 55.4 Å². The molecule has 0 aliphatic carbocycles. The summed E-state index contributed by atoms with van der Waals surface area (Å²) in [5, 5.41) is 11.0. The third-order valence-electron chi connectivity index (χ3n) is 4.61. The van der Waals surface area contributed by atoms with E-state index < -0.39 is 6.10 Å². The summed E-state index contributed by atoms with van der Waals surface area (Å²) in [7, 11) is 0. The number of halogens is 4. The van der Waals surface area contributed by atoms with Gasteiger partial charge in [-0.2, -0.15) is 0 Å². The van der Waals surface area contributed by atoms with Crippen LogP contribution in [0.4, 0.5) is 10.1 Å². The van der Waals surface area contributed by atoms with E-state index in [2.05, 4.69) is 16.7 Å². The standard InChI is InChI=1S/C20H24ClFN2O2.2ClH/c1-15-2-3-16(21)12-20(15)24-10-8-23(9-11-24)13-18(25)14-26-19-6-4-17(22)5-7-19;;/h2-7,12,18,25H,8-11,13-14H2,1H3;2*1H. The Kier molecular flexibility index (Phi) is 10.4. The zero-order valence-corrected chi connectivity index (χ0v) is 18.1. The van der Waals surface area contributed by atoms with E-state index in [1.807, 2.05) is 18.2 Å². The van der Waals surface area contributed by atoms with Crippen molar-refractivity contribution in [2.24, 2.45) is 0 Å². The third kappa shape index (κ3) is 6.98. The van der Waals surface area contributed by atoms with Crippen molar-refractivity contribution < 1.29 is 14.2 Å². The van der Waals surface area contributed by atoms with Crippen molar-refractivity contribution in [2.45, 2.75) is 13.0 Å². The van der Waals surface area contributed by atoms with Crippen molar-refractivity contribution in [3.8, 4) is 5.75 Å². The van der Waals surface area contributed by atoms with Crippen LogP contribution in [0.2, 0.25) is 5.02 Å². The molecular formula is C20H26Cl3FN2O2. The van der Waals surface area contributed by atoms with E-state index in [-0.39, 0.29) is 37.2 Å². The van der Waals surface area contributed by atoms with Gasteiger partial charge in [-0.3, -0.25) is 4.90 Å². The number of nitrogens with zero attached hydrogens (tertiary/aromatic N) is 2. The van der Waals surface area contributed by atoms with Gasteiger partial charge >= 0.3 is 0 Å². The molecule has 1 aliphatic heterocycles. The van der Waals surface area contributed by atoms with E-state index in [0.717, 1.165) is 31.2 Å². The molecule has 1 N–H and O–H groups in total. The van der Waals surface area contributed by atoms with Crippen LogP contribution in [-0.2, 0) is 0 Å². The fourth-order valence-corrected chi connectivity index (χ4v) is 3.33. The van der Waals surface area contributed by atoms with Crippen molar-refractivity contribution in [2.75, 3.05) is 44.2 Å². The molecule has 28 heavy (non-hydrogen) atoms. The number of aliphatic hydroxyl groups is 1. The molecule has 0 amide bonds. The van der Waals surface area contributed by atoms with E-state index in [4.69, 9.17) is 16.3 Å². The zero-order chi connectivity index (χ0) is 18.5. The minimum absolute atomic E-state index is 0. The lowest BCUT2D eigenvalue weighted by atomic mass is 10.1. The fraction of sp³-hybridized carbons (Fsp3) is 0.400. The Morgan fingerprint density at radius 1 is 1.07 bits per heavy atom. The fourth-order valence-electron chi connectivity index (χ4n) is 3.17. The molecule has 2 aromatic carbocycles. The molecule has 1 fully saturated rings. The number of hydrogen-bond donors (Lipinski definition) is 1. The predicted molar refractivity (Wildman–Crippen MR) is 117 cm³/mol. The predicted octanol–water partition coefficient (Wildman–Crippen LogP) is 4.19. The molecule has 0 bridgehead atoms. The number of aryl methyl sites for hydroxylation is 1. The Hall–Kier alpha value is -1.24. The highest BCUT2D eigenvalue weighted by Crippen LogP contribution is 2.25. The summed E-state index contributed by atoms with van der Waals surface area (Å²) < 4.78 is 18.4. The molecule has 0 radical (unpaired) electrons. The van der Waals surface area contributed by atoms with Crippen LogP contribution >= 0.6 is 36.4 Å². The minimum Gasteiger partial charge on any atom is -0.491 e. The van der Waals surface area contributed by atoms with Crippen molar-refractivity contribution in [1.82, 2.24) is 4.90 Å². The van der Waals surface area contributed by atoms with Crippen molar-refractivity contribution in [3.63, 3.8) is 0 Å². The number of rotatable bonds is 6. The van der Waals surface area contributed by atoms with Gasteiger partial charge in [0.25, 0.3) is 0 Å². The average Bonchev–Trinajstić information content (AvgIpc) is 2.64. The summed E-state index contributed by atoms with van der Waals surface area (Å²) in [4.78, 5) is 4.56. The molecule has 8 heteroatoms. The molecule has 2 aromatic rings. The lowest BCUT2D eigenvalue weighted by Crippen LogP contribution is -2.49. The van der Waals surface area contributed by atoms with Crippen molar-refractivity contribution in [1.29, 1.82) is 0 Å². The lowest BCUT2D eigenvalue weighted by Gasteiger charge is -2.37. The van der Waals surface area contributed by atoms with Crippen molar-refractivity contribution >= 4 is 42.1 Å². The Balaban J connectivity index is 0.00000196. The molecule has 1 saturated heterocycles. The first kappa shape index (κ1) is 24.8. The Morgan fingerprint density at radius 2 is 1.71 bits per heavy atom. The molecular weight excluding hydrogens is 426 g/mol. The molecule has 0 aromatic heterocycles. The van der Waals surface area contributed by atoms with Gasteiger partial charge in [0.1, 0.15) is 24.3 Å². The maximum absolute atomic E-state index is 12.9. The van der Waals surface area contributed by atoms with Gasteiger partial charge < -0.3 is 14.7 Å². The maximum Gasteiger partial charge on any atom is 0.123 e. The number of hydrogen-bond acceptors (Lipinski definition) is 4. The number of aliphatic hydroxyl groups excluding tert-OH is 1. The first-order valence-corrected chi connectivity index (χ1v) is 9.19. The van der Waals surface area contributed by atoms with Crippen LogP contribution in [0.1, 0.15) is 5.56 Å². The minimum atomic E-state index is -0.584. The summed E-state index contributed by atoms with van der Waals surface area (Å²) in [5.41, 5.74) is 2.40. The van der Waals surface area contributed by atoms with Crippen LogP contribution in [0.3, 0.4) is 0 Å². The van der Waals surface area contributed by atoms with Gasteiger partial charge in [-0.1, -0.05) is 17.7 Å². The number of ether oxygens (including phenoxy) is 1. The molecule has 156 valence electrons. The van der Waals surface area contributed by atoms with Gasteiger partial charge in [0.05, 0.1) is 0 Å². The van der Waals surface area contributed by atoms with E-state index in [0.29, 0.717) is 12.3 Å². The van der Waals surface area contributed by atoms with Crippen LogP contribution in [0, 0.1) is 12.7 Å². The van der Waals surface area contributed by atoms with Gasteiger partial charge in [-0.15, -0.1) is 24.8 Å². The van der Waals surface area contributed by atoms with Gasteiger partial charge in [-0.05, 0) is 48.9 Å². The number of benzene rings is 2. The van der Waals surface area contributed by atoms with Gasteiger partial charge in [0.2, 0.25) is 0 Å². The molecule has 0 saturated carbocycles. The lowest BCUT2D eigenvalue weighted by molar-refractivity contribution is 0.0663. The summed E-state index contributed by atoms with van der Waals surface area (Å²) in [5.74, 6) is 0.261. The van der Waals surface area contributed by atoms with Crippen LogP contribution in [0.15, 0.2) is 42.5 Å². The second kappa shape index (κ2) is 11.7. The van der Waals surface area contributed by atoms with E-state index in [1.165, 1.54) is 23.4 Å². The number of piperazine rings is 1. The Morgan fingerprint density at radius 3 is 2.36 bits per heavy atom. The topological polar surface area (TPSA) is 35.9 Å². The Labute approximate surface area is 183 Å². The molecule has 3 rings (SSSR count). The van der Waals surface area contributed by atoms with Crippen molar-refractivity contribution in [3.05, 3.63) is 58.9 Å². The van der Waals surface area contributed by atoms with E-state index in [9.17, 15) is 9.50 Å². The Bertz CT molecular complexity index is 726. The smallest absolute Gasteiger partial charge is 0.123 e. The van der Waals surface area contributed by atoms with Gasteiger partial charge in [0.15, 0.2) is 0 Å². The summed E-state index contributed by atoms with van der Waals surface area (Å²) in [6.45, 7) is 6.38. The summed E-state index contributed by atoms with van der Waals surface area (Å²) >= 11 is 6.12. The molecule has 0 spiro atoms. The highest BCUT2D eigenvalue weighted by molar-refractivity contribution is 6.30. The van der Waals surface area contributed by atoms with Gasteiger partial charge in [0, 0.05) is 43.4 Å². The second-order valence-electron chi connectivity index (χ2n) is 6.64. The average molecular weight is 452 g/mol. The highest BCUT2D eigenvalue weighted by Gasteiger charge is 2.20. The molecule has 1 aliphatic rings. The molecule has 4 nitrogen and oxygen atoms in total. The maximum atomic E-state index is 12.9. The number of anilines is 1. The van der Waals surface area contributed by atoms with E-state index >= 15 is 0 Å². The van der Waals surface area contributed by atoms with Crippen LogP contribution < -0.4 is 9.64 Å². The molecule has 1 heterocycles. The quantitative estimate of drug-likeness (QED) is 0.714. The molecule has 1 atom stereocenters. The summed E-state index contributed by atoms with van der Waals surface area (Å²) in [6.07, 6.45) is -0.584. The zero-order valence-electron chi connectivity index (χ0n) is 15.7. The monoisotopic (exact) mass is 450 g/mol. The van der Waals surface area contributed by atoms with E-state index in [1.54, 1.807) is 12.1 Å². The SMILES string of the molecule is Cc1ccc(Cl)cc1N1CCN(CC(O)COc2ccc(F)cc2)CC1.Cl.Cl. The first-order chi connectivity index (χ1) is 12.5. The van der Waals surface area contributed by atoms with Crippen LogP contribution in [0.25, 0.3) is 0 Å². The highest BCUT2D eigenvalue weighted by atomic mass is 35.5. The second-order valence-corrected chi connectivity index (χ2v) is 7.07. The largest absolute Gasteiger partial charge is 0.491 e. The van der Waals surface area contributed by atoms with Gasteiger partial charge in [-0.25, -0.2) is 4.39 Å². The normalized spacial score (nSPS) is 15.4.